The summed E-state index contributed by atoms with van der Waals surface area (Å²) in [6.45, 7) is 7.68. The Morgan fingerprint density at radius 2 is 1.82 bits per heavy atom. The summed E-state index contributed by atoms with van der Waals surface area (Å²) < 4.78 is 5.19. The Labute approximate surface area is 262 Å². The third-order valence-corrected chi connectivity index (χ3v) is 7.83. The molecule has 0 fully saturated rings. The molecule has 4 aromatic rings. The maximum atomic E-state index is 14.1. The predicted octanol–water partition coefficient (Wildman–Crippen LogP) is 4.21. The van der Waals surface area contributed by atoms with Gasteiger partial charge in [-0.05, 0) is 78.4 Å². The lowest BCUT2D eigenvalue weighted by Gasteiger charge is -2.29. The van der Waals surface area contributed by atoms with Crippen LogP contribution in [0.3, 0.4) is 0 Å². The molecule has 11 nitrogen and oxygen atoms in total. The average Bonchev–Trinajstić information content (AvgIpc) is 3.52. The SMILES string of the molecule is CC(=O)O[C@H](C)CNC(C)(C)CC(=O)N[C@@H]1CCc2ccccc2N(Cc2ccc(-c3ccccc3)c(-c3nnn[nH]3)c2)C1=O. The van der Waals surface area contributed by atoms with Crippen molar-refractivity contribution in [3.8, 4) is 22.5 Å². The number of esters is 1. The number of nitrogens with zero attached hydrogens (tertiary/aromatic N) is 4. The van der Waals surface area contributed by atoms with Crippen LogP contribution in [0.25, 0.3) is 22.5 Å². The fourth-order valence-electron chi connectivity index (χ4n) is 5.68. The summed E-state index contributed by atoms with van der Waals surface area (Å²) in [6.07, 6.45) is 0.943. The number of para-hydroxylation sites is 1. The fraction of sp³-hybridized carbons (Fsp3) is 0.353. The lowest BCUT2D eigenvalue weighted by Crippen LogP contribution is -2.51. The molecule has 1 aliphatic heterocycles. The van der Waals surface area contributed by atoms with E-state index in [0.717, 1.165) is 33.5 Å². The number of hydrogen-bond acceptors (Lipinski definition) is 8. The zero-order chi connectivity index (χ0) is 32.0. The van der Waals surface area contributed by atoms with Crippen molar-refractivity contribution in [2.45, 2.75) is 71.2 Å². The molecule has 0 aliphatic carbocycles. The number of aromatic nitrogens is 4. The van der Waals surface area contributed by atoms with E-state index >= 15 is 0 Å². The first-order valence-corrected chi connectivity index (χ1v) is 15.1. The van der Waals surface area contributed by atoms with Crippen molar-refractivity contribution in [2.75, 3.05) is 11.4 Å². The van der Waals surface area contributed by atoms with Crippen LogP contribution in [0.15, 0.2) is 72.8 Å². The fourth-order valence-corrected chi connectivity index (χ4v) is 5.68. The molecule has 0 unspecified atom stereocenters. The van der Waals surface area contributed by atoms with E-state index in [-0.39, 0.29) is 30.3 Å². The second kappa shape index (κ2) is 13.8. The zero-order valence-corrected chi connectivity index (χ0v) is 26.0. The van der Waals surface area contributed by atoms with Crippen LogP contribution in [-0.2, 0) is 32.1 Å². The molecule has 5 rings (SSSR count). The summed E-state index contributed by atoms with van der Waals surface area (Å²) in [4.78, 5) is 40.4. The second-order valence-corrected chi connectivity index (χ2v) is 12.1. The van der Waals surface area contributed by atoms with Gasteiger partial charge >= 0.3 is 5.97 Å². The molecule has 45 heavy (non-hydrogen) atoms. The third-order valence-electron chi connectivity index (χ3n) is 7.83. The van der Waals surface area contributed by atoms with Crippen molar-refractivity contribution in [3.05, 3.63) is 83.9 Å². The van der Waals surface area contributed by atoms with Crippen molar-refractivity contribution < 1.29 is 19.1 Å². The Balaban J connectivity index is 1.36. The quantitative estimate of drug-likeness (QED) is 0.215. The van der Waals surface area contributed by atoms with Crippen molar-refractivity contribution in [1.29, 1.82) is 0 Å². The Bertz CT molecular complexity index is 1640. The minimum absolute atomic E-state index is 0.145. The molecule has 0 spiro atoms. The van der Waals surface area contributed by atoms with Gasteiger partial charge in [0.1, 0.15) is 12.1 Å². The number of anilines is 1. The number of aryl methyl sites for hydroxylation is 1. The summed E-state index contributed by atoms with van der Waals surface area (Å²) in [6, 6.07) is 23.2. The van der Waals surface area contributed by atoms with Gasteiger partial charge in [0.05, 0.1) is 6.54 Å². The van der Waals surface area contributed by atoms with Crippen LogP contribution in [0.2, 0.25) is 0 Å². The molecule has 2 atom stereocenters. The minimum atomic E-state index is -0.692. The van der Waals surface area contributed by atoms with E-state index in [1.54, 1.807) is 11.8 Å². The topological polar surface area (TPSA) is 142 Å². The number of hydrogen-bond donors (Lipinski definition) is 3. The standard InChI is InChI=1S/C34H39N7O4/c1-22(45-23(2)42)20-35-34(3,4)19-31(43)36-29-17-15-26-12-8-9-13-30(26)41(33(29)44)21-24-14-16-27(25-10-6-5-7-11-25)28(18-24)32-37-39-40-38-32/h5-14,16,18,22,29,35H,15,17,19-21H2,1-4H3,(H,36,43)(H,37,38,39,40)/t22-,29-/m1/s1. The van der Waals surface area contributed by atoms with Gasteiger partial charge in [-0.15, -0.1) is 5.10 Å². The zero-order valence-electron chi connectivity index (χ0n) is 26.0. The van der Waals surface area contributed by atoms with Gasteiger partial charge in [0.15, 0.2) is 5.82 Å². The van der Waals surface area contributed by atoms with Crippen LogP contribution in [0, 0.1) is 0 Å². The molecule has 1 aromatic heterocycles. The summed E-state index contributed by atoms with van der Waals surface area (Å²) in [5.41, 5.74) is 4.99. The number of amides is 2. The first-order chi connectivity index (χ1) is 21.6. The molecule has 0 saturated heterocycles. The monoisotopic (exact) mass is 609 g/mol. The van der Waals surface area contributed by atoms with Gasteiger partial charge in [0, 0.05) is 36.7 Å². The number of nitrogens with one attached hydrogen (secondary N) is 3. The number of carbonyl (C=O) groups excluding carboxylic acids is 3. The van der Waals surface area contributed by atoms with Gasteiger partial charge in [0.25, 0.3) is 0 Å². The molecule has 234 valence electrons. The Hall–Kier alpha value is -4.90. The van der Waals surface area contributed by atoms with E-state index in [4.69, 9.17) is 4.74 Å². The third kappa shape index (κ3) is 7.98. The van der Waals surface area contributed by atoms with Gasteiger partial charge in [-0.2, -0.15) is 0 Å². The maximum absolute atomic E-state index is 14.1. The van der Waals surface area contributed by atoms with Crippen LogP contribution in [0.4, 0.5) is 5.69 Å². The highest BCUT2D eigenvalue weighted by molar-refractivity contribution is 6.00. The van der Waals surface area contributed by atoms with Crippen molar-refractivity contribution in [1.82, 2.24) is 31.3 Å². The minimum Gasteiger partial charge on any atom is -0.462 e. The van der Waals surface area contributed by atoms with E-state index in [9.17, 15) is 14.4 Å². The average molecular weight is 610 g/mol. The number of tetrazole rings is 1. The lowest BCUT2D eigenvalue weighted by molar-refractivity contribution is -0.145. The second-order valence-electron chi connectivity index (χ2n) is 12.1. The van der Waals surface area contributed by atoms with Crippen molar-refractivity contribution in [3.63, 3.8) is 0 Å². The van der Waals surface area contributed by atoms with Crippen LogP contribution in [-0.4, -0.2) is 62.6 Å². The van der Waals surface area contributed by atoms with Crippen LogP contribution in [0.1, 0.15) is 51.7 Å². The molecule has 2 amide bonds. The van der Waals surface area contributed by atoms with Crippen LogP contribution < -0.4 is 15.5 Å². The number of fused-ring (bicyclic) bond motifs is 1. The Kier molecular flexibility index (Phi) is 9.68. The van der Waals surface area contributed by atoms with Gasteiger partial charge in [-0.1, -0.05) is 60.7 Å². The van der Waals surface area contributed by atoms with Gasteiger partial charge in [0.2, 0.25) is 11.8 Å². The highest BCUT2D eigenvalue weighted by atomic mass is 16.5. The van der Waals surface area contributed by atoms with Gasteiger partial charge < -0.3 is 20.3 Å². The summed E-state index contributed by atoms with van der Waals surface area (Å²) >= 11 is 0. The van der Waals surface area contributed by atoms with Crippen LogP contribution in [0.5, 0.6) is 0 Å². The largest absolute Gasteiger partial charge is 0.462 e. The molecule has 0 radical (unpaired) electrons. The first kappa shape index (κ1) is 31.5. The van der Waals surface area contributed by atoms with E-state index in [1.807, 2.05) is 86.6 Å². The Morgan fingerprint density at radius 1 is 1.07 bits per heavy atom. The molecule has 1 aliphatic rings. The number of carbonyl (C=O) groups is 3. The number of benzene rings is 3. The first-order valence-electron chi connectivity index (χ1n) is 15.1. The van der Waals surface area contributed by atoms with E-state index in [1.165, 1.54) is 6.92 Å². The number of H-pyrrole nitrogens is 1. The number of ether oxygens (including phenoxy) is 1. The molecular weight excluding hydrogens is 570 g/mol. The predicted molar refractivity (Wildman–Crippen MR) is 171 cm³/mol. The number of aromatic amines is 1. The molecular formula is C34H39N7O4. The van der Waals surface area contributed by atoms with E-state index in [2.05, 4.69) is 31.3 Å². The highest BCUT2D eigenvalue weighted by Crippen LogP contribution is 2.33. The molecule has 3 aromatic carbocycles. The Morgan fingerprint density at radius 3 is 2.56 bits per heavy atom. The molecule has 3 N–H and O–H groups in total. The summed E-state index contributed by atoms with van der Waals surface area (Å²) in [7, 11) is 0. The molecule has 11 heteroatoms. The van der Waals surface area contributed by atoms with Gasteiger partial charge in [-0.3, -0.25) is 14.4 Å². The summed E-state index contributed by atoms with van der Waals surface area (Å²) in [5, 5.41) is 20.9. The smallest absolute Gasteiger partial charge is 0.302 e. The molecule has 2 heterocycles. The normalized spacial score (nSPS) is 15.6. The maximum Gasteiger partial charge on any atom is 0.302 e. The van der Waals surface area contributed by atoms with Crippen molar-refractivity contribution >= 4 is 23.5 Å². The van der Waals surface area contributed by atoms with E-state index in [0.29, 0.717) is 31.8 Å². The highest BCUT2D eigenvalue weighted by Gasteiger charge is 2.33. The molecule has 0 bridgehead atoms. The van der Waals surface area contributed by atoms with Gasteiger partial charge in [-0.25, -0.2) is 5.10 Å². The number of rotatable bonds is 11. The van der Waals surface area contributed by atoms with Crippen LogP contribution >= 0.6 is 0 Å². The molecule has 0 saturated carbocycles. The van der Waals surface area contributed by atoms with Crippen molar-refractivity contribution in [2.24, 2.45) is 0 Å². The summed E-state index contributed by atoms with van der Waals surface area (Å²) in [5.74, 6) is -0.223. The lowest BCUT2D eigenvalue weighted by atomic mass is 9.96. The van der Waals surface area contributed by atoms with E-state index < -0.39 is 11.6 Å².